The first-order chi connectivity index (χ1) is 13.5. The molecule has 2 heterocycles. The Balaban J connectivity index is 1.80. The fraction of sp³-hybridized carbons (Fsp3) is 0.200. The highest BCUT2D eigenvalue weighted by molar-refractivity contribution is 6.30. The van der Waals surface area contributed by atoms with Crippen LogP contribution in [-0.4, -0.2) is 25.1 Å². The van der Waals surface area contributed by atoms with Crippen molar-refractivity contribution in [2.45, 2.75) is 26.3 Å². The predicted octanol–water partition coefficient (Wildman–Crippen LogP) is 3.46. The molecule has 1 amide bonds. The lowest BCUT2D eigenvalue weighted by molar-refractivity contribution is -0.116. The Morgan fingerprint density at radius 1 is 1.07 bits per heavy atom. The normalized spacial score (nSPS) is 11.4. The zero-order valence-electron chi connectivity index (χ0n) is 15.4. The highest BCUT2D eigenvalue weighted by Gasteiger charge is 2.19. The maximum atomic E-state index is 13.1. The summed E-state index contributed by atoms with van der Waals surface area (Å²) in [4.78, 5) is 25.6. The van der Waals surface area contributed by atoms with Crippen LogP contribution in [0.1, 0.15) is 25.6 Å². The Morgan fingerprint density at radius 3 is 2.43 bits per heavy atom. The maximum Gasteiger partial charge on any atom is 0.297 e. The summed E-state index contributed by atoms with van der Waals surface area (Å²) < 4.78 is 3.20. The summed E-state index contributed by atoms with van der Waals surface area (Å²) in [5.74, 6) is 0.491. The topological polar surface area (TPSA) is 81.3 Å². The molecule has 0 aliphatic carbocycles. The van der Waals surface area contributed by atoms with Gasteiger partial charge in [0.1, 0.15) is 12.4 Å². The molecule has 4 aromatic rings. The fourth-order valence-corrected chi connectivity index (χ4v) is 3.32. The van der Waals surface area contributed by atoms with E-state index >= 15 is 0 Å². The van der Waals surface area contributed by atoms with E-state index in [1.807, 2.05) is 38.1 Å². The van der Waals surface area contributed by atoms with E-state index in [0.29, 0.717) is 22.1 Å². The van der Waals surface area contributed by atoms with Gasteiger partial charge in [-0.1, -0.05) is 37.6 Å². The van der Waals surface area contributed by atoms with Crippen molar-refractivity contribution in [3.05, 3.63) is 69.7 Å². The summed E-state index contributed by atoms with van der Waals surface area (Å²) in [6, 6.07) is 14.2. The molecule has 142 valence electrons. The van der Waals surface area contributed by atoms with Crippen molar-refractivity contribution in [1.82, 2.24) is 19.2 Å². The van der Waals surface area contributed by atoms with Gasteiger partial charge in [0, 0.05) is 16.6 Å². The highest BCUT2D eigenvalue weighted by Crippen LogP contribution is 2.20. The quantitative estimate of drug-likeness (QED) is 0.573. The molecule has 2 aromatic carbocycles. The Labute approximate surface area is 165 Å². The third-order valence-electron chi connectivity index (χ3n) is 4.48. The molecular formula is C20H18ClN5O2. The Bertz CT molecular complexity index is 1240. The minimum atomic E-state index is -0.357. The first-order valence-corrected chi connectivity index (χ1v) is 9.25. The SMILES string of the molecule is CC(C)c1nnc2c(=O)n(CC(=O)Nc3ccc(Cl)cc3)c3ccccc3n12. The summed E-state index contributed by atoms with van der Waals surface area (Å²) in [6.45, 7) is 3.86. The smallest absolute Gasteiger partial charge is 0.297 e. The lowest BCUT2D eigenvalue weighted by atomic mass is 10.2. The summed E-state index contributed by atoms with van der Waals surface area (Å²) in [7, 11) is 0. The van der Waals surface area contributed by atoms with Crippen LogP contribution in [0.15, 0.2) is 53.3 Å². The number of halogens is 1. The molecule has 1 N–H and O–H groups in total. The summed E-state index contributed by atoms with van der Waals surface area (Å²) in [6.07, 6.45) is 0. The van der Waals surface area contributed by atoms with E-state index in [0.717, 1.165) is 5.52 Å². The number of benzene rings is 2. The van der Waals surface area contributed by atoms with E-state index in [1.165, 1.54) is 4.57 Å². The first kappa shape index (κ1) is 18.2. The van der Waals surface area contributed by atoms with Crippen LogP contribution >= 0.6 is 11.6 Å². The first-order valence-electron chi connectivity index (χ1n) is 8.87. The van der Waals surface area contributed by atoms with Gasteiger partial charge in [-0.3, -0.25) is 18.6 Å². The number of carbonyl (C=O) groups is 1. The molecule has 0 fully saturated rings. The Morgan fingerprint density at radius 2 is 1.75 bits per heavy atom. The molecule has 0 unspecified atom stereocenters. The van der Waals surface area contributed by atoms with E-state index in [-0.39, 0.29) is 29.6 Å². The number of hydrogen-bond donors (Lipinski definition) is 1. The number of nitrogens with zero attached hydrogens (tertiary/aromatic N) is 4. The van der Waals surface area contributed by atoms with Gasteiger partial charge in [0.2, 0.25) is 11.6 Å². The van der Waals surface area contributed by atoms with Crippen molar-refractivity contribution in [3.8, 4) is 0 Å². The van der Waals surface area contributed by atoms with Crippen LogP contribution in [0.3, 0.4) is 0 Å². The third-order valence-corrected chi connectivity index (χ3v) is 4.74. The van der Waals surface area contributed by atoms with E-state index in [1.54, 1.807) is 28.7 Å². The minimum absolute atomic E-state index is 0.0989. The van der Waals surface area contributed by atoms with Gasteiger partial charge in [0.15, 0.2) is 0 Å². The molecule has 0 atom stereocenters. The van der Waals surface area contributed by atoms with Gasteiger partial charge in [0.05, 0.1) is 11.0 Å². The molecule has 0 bridgehead atoms. The number of para-hydroxylation sites is 2. The molecule has 0 aliphatic rings. The second kappa shape index (κ2) is 7.09. The highest BCUT2D eigenvalue weighted by atomic mass is 35.5. The van der Waals surface area contributed by atoms with Crippen LogP contribution < -0.4 is 10.9 Å². The number of anilines is 1. The lowest BCUT2D eigenvalue weighted by Crippen LogP contribution is -2.29. The van der Waals surface area contributed by atoms with Crippen LogP contribution in [0.25, 0.3) is 16.7 Å². The zero-order valence-corrected chi connectivity index (χ0v) is 16.1. The van der Waals surface area contributed by atoms with E-state index in [2.05, 4.69) is 15.5 Å². The van der Waals surface area contributed by atoms with Crippen molar-refractivity contribution in [1.29, 1.82) is 0 Å². The van der Waals surface area contributed by atoms with Crippen LogP contribution in [0.2, 0.25) is 5.02 Å². The molecule has 2 aromatic heterocycles. The second-order valence-electron chi connectivity index (χ2n) is 6.81. The molecule has 7 nitrogen and oxygen atoms in total. The number of fused-ring (bicyclic) bond motifs is 3. The van der Waals surface area contributed by atoms with Crippen LogP contribution in [-0.2, 0) is 11.3 Å². The fourth-order valence-electron chi connectivity index (χ4n) is 3.19. The van der Waals surface area contributed by atoms with Crippen molar-refractivity contribution in [3.63, 3.8) is 0 Å². The van der Waals surface area contributed by atoms with Crippen molar-refractivity contribution >= 4 is 39.9 Å². The van der Waals surface area contributed by atoms with Crippen molar-refractivity contribution < 1.29 is 4.79 Å². The number of hydrogen-bond acceptors (Lipinski definition) is 4. The monoisotopic (exact) mass is 395 g/mol. The van der Waals surface area contributed by atoms with Gasteiger partial charge in [-0.25, -0.2) is 0 Å². The van der Waals surface area contributed by atoms with Gasteiger partial charge >= 0.3 is 0 Å². The van der Waals surface area contributed by atoms with E-state index in [4.69, 9.17) is 11.6 Å². The van der Waals surface area contributed by atoms with Gasteiger partial charge in [-0.05, 0) is 36.4 Å². The van der Waals surface area contributed by atoms with Crippen molar-refractivity contribution in [2.75, 3.05) is 5.32 Å². The number of amides is 1. The van der Waals surface area contributed by atoms with Crippen LogP contribution in [0.4, 0.5) is 5.69 Å². The molecule has 0 saturated heterocycles. The molecule has 28 heavy (non-hydrogen) atoms. The molecule has 0 radical (unpaired) electrons. The summed E-state index contributed by atoms with van der Waals surface area (Å²) >= 11 is 5.87. The minimum Gasteiger partial charge on any atom is -0.325 e. The lowest BCUT2D eigenvalue weighted by Gasteiger charge is -2.13. The number of rotatable bonds is 4. The van der Waals surface area contributed by atoms with Gasteiger partial charge < -0.3 is 5.32 Å². The zero-order chi connectivity index (χ0) is 19.8. The molecule has 0 spiro atoms. The van der Waals surface area contributed by atoms with Gasteiger partial charge in [-0.2, -0.15) is 0 Å². The van der Waals surface area contributed by atoms with E-state index in [9.17, 15) is 9.59 Å². The average molecular weight is 396 g/mol. The van der Waals surface area contributed by atoms with Gasteiger partial charge in [-0.15, -0.1) is 10.2 Å². The molecule has 0 aliphatic heterocycles. The predicted molar refractivity (Wildman–Crippen MR) is 109 cm³/mol. The number of nitrogens with one attached hydrogen (secondary N) is 1. The average Bonchev–Trinajstić information content (AvgIpc) is 3.13. The molecule has 4 rings (SSSR count). The number of carbonyl (C=O) groups excluding carboxylic acids is 1. The molecular weight excluding hydrogens is 378 g/mol. The molecule has 0 saturated carbocycles. The maximum absolute atomic E-state index is 13.1. The van der Waals surface area contributed by atoms with Crippen LogP contribution in [0, 0.1) is 0 Å². The number of aromatic nitrogens is 4. The third kappa shape index (κ3) is 3.14. The van der Waals surface area contributed by atoms with Gasteiger partial charge in [0.25, 0.3) is 5.56 Å². The van der Waals surface area contributed by atoms with Crippen LogP contribution in [0.5, 0.6) is 0 Å². The molecule has 8 heteroatoms. The van der Waals surface area contributed by atoms with E-state index < -0.39 is 0 Å². The summed E-state index contributed by atoms with van der Waals surface area (Å²) in [5.41, 5.74) is 1.89. The van der Waals surface area contributed by atoms with Crippen molar-refractivity contribution in [2.24, 2.45) is 0 Å². The summed E-state index contributed by atoms with van der Waals surface area (Å²) in [5, 5.41) is 11.6. The largest absolute Gasteiger partial charge is 0.325 e. The Hall–Kier alpha value is -3.19. The second-order valence-corrected chi connectivity index (χ2v) is 7.24. The Kier molecular flexibility index (Phi) is 4.60. The standard InChI is InChI=1S/C20H18ClN5O2/c1-12(2)18-23-24-19-20(28)25(15-5-3-4-6-16(15)26(18)19)11-17(27)22-14-9-7-13(21)8-10-14/h3-10,12H,11H2,1-2H3,(H,22,27).